The van der Waals surface area contributed by atoms with Gasteiger partial charge >= 0.3 is 6.16 Å². The molecule has 0 aromatic heterocycles. The van der Waals surface area contributed by atoms with E-state index in [1.165, 1.54) is 49.7 Å². The van der Waals surface area contributed by atoms with E-state index in [0.717, 1.165) is 38.5 Å². The predicted octanol–water partition coefficient (Wildman–Crippen LogP) is 9.43. The highest BCUT2D eigenvalue weighted by Crippen LogP contribution is 2.28. The summed E-state index contributed by atoms with van der Waals surface area (Å²) < 4.78 is 10.6. The topological polar surface area (TPSA) is 35.5 Å². The van der Waals surface area contributed by atoms with Crippen LogP contribution in [0.5, 0.6) is 0 Å². The first-order valence-corrected chi connectivity index (χ1v) is 13.6. The Kier molecular flexibility index (Phi) is 14.9. The Bertz CT molecular complexity index is 680. The zero-order chi connectivity index (χ0) is 24.3. The van der Waals surface area contributed by atoms with Crippen LogP contribution in [-0.4, -0.2) is 19.4 Å². The molecule has 0 amide bonds. The molecule has 2 aromatic rings. The first-order valence-electron chi connectivity index (χ1n) is 13.6. The van der Waals surface area contributed by atoms with Crippen LogP contribution in [0.4, 0.5) is 4.79 Å². The third-order valence-electron chi connectivity index (χ3n) is 6.69. The molecule has 0 N–H and O–H groups in total. The van der Waals surface area contributed by atoms with Gasteiger partial charge < -0.3 is 9.47 Å². The van der Waals surface area contributed by atoms with Crippen molar-refractivity contribution < 1.29 is 14.3 Å². The van der Waals surface area contributed by atoms with E-state index in [4.69, 9.17) is 9.47 Å². The molecule has 0 aliphatic carbocycles. The van der Waals surface area contributed by atoms with Crippen LogP contribution in [0.15, 0.2) is 60.7 Å². The zero-order valence-electron chi connectivity index (χ0n) is 21.6. The van der Waals surface area contributed by atoms with E-state index in [0.29, 0.717) is 25.0 Å². The third-order valence-corrected chi connectivity index (χ3v) is 6.69. The van der Waals surface area contributed by atoms with Crippen molar-refractivity contribution in [1.82, 2.24) is 0 Å². The summed E-state index contributed by atoms with van der Waals surface area (Å²) in [4.78, 5) is 11.9. The van der Waals surface area contributed by atoms with E-state index in [1.54, 1.807) is 0 Å². The molecule has 2 rings (SSSR count). The van der Waals surface area contributed by atoms with Gasteiger partial charge in [0.1, 0.15) is 0 Å². The first-order chi connectivity index (χ1) is 16.7. The second-order valence-corrected chi connectivity index (χ2v) is 9.44. The van der Waals surface area contributed by atoms with Crippen LogP contribution in [0.2, 0.25) is 0 Å². The normalized spacial score (nSPS) is 12.8. The molecule has 0 aliphatic rings. The molecule has 0 bridgehead atoms. The lowest BCUT2D eigenvalue weighted by atomic mass is 9.89. The molecule has 0 saturated carbocycles. The Morgan fingerprint density at radius 3 is 1.35 bits per heavy atom. The van der Waals surface area contributed by atoms with Gasteiger partial charge in [0.05, 0.1) is 13.2 Å². The summed E-state index contributed by atoms with van der Waals surface area (Å²) in [5.41, 5.74) is 2.86. The van der Waals surface area contributed by atoms with Crippen molar-refractivity contribution in [3.05, 3.63) is 71.8 Å². The van der Waals surface area contributed by atoms with Crippen molar-refractivity contribution in [3.63, 3.8) is 0 Å². The SMILES string of the molecule is CCCCC(CCCCOC(=O)OCCCCC(CCCC)c1ccccc1)c1ccccc1. The maximum Gasteiger partial charge on any atom is 0.508 e. The van der Waals surface area contributed by atoms with Gasteiger partial charge in [0.25, 0.3) is 0 Å². The number of hydrogen-bond donors (Lipinski definition) is 0. The fraction of sp³-hybridized carbons (Fsp3) is 0.581. The zero-order valence-corrected chi connectivity index (χ0v) is 21.6. The average Bonchev–Trinajstić information content (AvgIpc) is 2.88. The van der Waals surface area contributed by atoms with Gasteiger partial charge in [-0.3, -0.25) is 0 Å². The minimum Gasteiger partial charge on any atom is -0.434 e. The lowest BCUT2D eigenvalue weighted by Gasteiger charge is -2.17. The van der Waals surface area contributed by atoms with Crippen molar-refractivity contribution in [3.8, 4) is 0 Å². The standard InChI is InChI=1S/C31H46O3/c1-3-5-17-27(29-19-9-7-10-20-29)23-13-15-25-33-31(32)34-26-16-14-24-28(18-6-4-2)30-21-11-8-12-22-30/h7-12,19-22,27-28H,3-6,13-18,23-26H2,1-2H3. The van der Waals surface area contributed by atoms with E-state index < -0.39 is 6.16 Å². The van der Waals surface area contributed by atoms with Gasteiger partial charge in [0, 0.05) is 0 Å². The van der Waals surface area contributed by atoms with Crippen LogP contribution < -0.4 is 0 Å². The molecule has 3 nitrogen and oxygen atoms in total. The molecular formula is C31H46O3. The van der Waals surface area contributed by atoms with Crippen LogP contribution in [0.25, 0.3) is 0 Å². The summed E-state index contributed by atoms with van der Waals surface area (Å²) in [7, 11) is 0. The van der Waals surface area contributed by atoms with Crippen molar-refractivity contribution in [2.45, 2.75) is 103 Å². The number of benzene rings is 2. The fourth-order valence-electron chi connectivity index (χ4n) is 4.65. The number of rotatable bonds is 18. The molecule has 188 valence electrons. The first kappa shape index (κ1) is 28.0. The largest absolute Gasteiger partial charge is 0.508 e. The molecule has 0 saturated heterocycles. The lowest BCUT2D eigenvalue weighted by Crippen LogP contribution is -2.10. The molecule has 34 heavy (non-hydrogen) atoms. The fourth-order valence-corrected chi connectivity index (χ4v) is 4.65. The van der Waals surface area contributed by atoms with Crippen molar-refractivity contribution in [2.24, 2.45) is 0 Å². The lowest BCUT2D eigenvalue weighted by molar-refractivity contribution is 0.0527. The smallest absolute Gasteiger partial charge is 0.434 e. The Labute approximate surface area is 208 Å². The molecule has 2 aromatic carbocycles. The molecule has 3 heteroatoms. The van der Waals surface area contributed by atoms with Crippen molar-refractivity contribution in [2.75, 3.05) is 13.2 Å². The third kappa shape index (κ3) is 11.7. The van der Waals surface area contributed by atoms with Gasteiger partial charge in [-0.2, -0.15) is 0 Å². The summed E-state index contributed by atoms with van der Waals surface area (Å²) in [6.07, 6.45) is 13.1. The van der Waals surface area contributed by atoms with Crippen LogP contribution >= 0.6 is 0 Å². The van der Waals surface area contributed by atoms with Crippen molar-refractivity contribution in [1.29, 1.82) is 0 Å². The predicted molar refractivity (Wildman–Crippen MR) is 142 cm³/mol. The van der Waals surface area contributed by atoms with E-state index in [2.05, 4.69) is 74.5 Å². The summed E-state index contributed by atoms with van der Waals surface area (Å²) >= 11 is 0. The molecule has 0 fully saturated rings. The van der Waals surface area contributed by atoms with Gasteiger partial charge in [-0.15, -0.1) is 0 Å². The van der Waals surface area contributed by atoms with E-state index in [9.17, 15) is 4.79 Å². The quantitative estimate of drug-likeness (QED) is 0.162. The average molecular weight is 467 g/mol. The summed E-state index contributed by atoms with van der Waals surface area (Å²) in [6.45, 7) is 5.38. The van der Waals surface area contributed by atoms with Gasteiger partial charge in [-0.25, -0.2) is 4.79 Å². The molecular weight excluding hydrogens is 420 g/mol. The molecule has 0 heterocycles. The Morgan fingerprint density at radius 2 is 0.971 bits per heavy atom. The number of carbonyl (C=O) groups excluding carboxylic acids is 1. The highest BCUT2D eigenvalue weighted by atomic mass is 16.7. The maximum atomic E-state index is 11.9. The summed E-state index contributed by atoms with van der Waals surface area (Å²) in [5.74, 6) is 1.20. The van der Waals surface area contributed by atoms with E-state index in [-0.39, 0.29) is 0 Å². The number of carbonyl (C=O) groups is 1. The van der Waals surface area contributed by atoms with Crippen LogP contribution in [-0.2, 0) is 9.47 Å². The molecule has 0 aliphatic heterocycles. The van der Waals surface area contributed by atoms with Gasteiger partial charge in [0.15, 0.2) is 0 Å². The van der Waals surface area contributed by atoms with Gasteiger partial charge in [0.2, 0.25) is 0 Å². The summed E-state index contributed by atoms with van der Waals surface area (Å²) in [5, 5.41) is 0. The highest BCUT2D eigenvalue weighted by Gasteiger charge is 2.12. The Hall–Kier alpha value is -2.29. The van der Waals surface area contributed by atoms with Gasteiger partial charge in [-0.1, -0.05) is 100 Å². The molecule has 0 radical (unpaired) electrons. The van der Waals surface area contributed by atoms with Crippen LogP contribution in [0, 0.1) is 0 Å². The van der Waals surface area contributed by atoms with E-state index >= 15 is 0 Å². The maximum absolute atomic E-state index is 11.9. The minimum atomic E-state index is -0.517. The van der Waals surface area contributed by atoms with Crippen LogP contribution in [0.1, 0.15) is 114 Å². The number of unbranched alkanes of at least 4 members (excludes halogenated alkanes) is 4. The Morgan fingerprint density at radius 1 is 0.588 bits per heavy atom. The molecule has 0 spiro atoms. The van der Waals surface area contributed by atoms with E-state index in [1.807, 2.05) is 0 Å². The summed E-state index contributed by atoms with van der Waals surface area (Å²) in [6, 6.07) is 21.6. The highest BCUT2D eigenvalue weighted by molar-refractivity contribution is 5.59. The molecule has 2 unspecified atom stereocenters. The minimum absolute atomic E-state index is 0.446. The second-order valence-electron chi connectivity index (χ2n) is 9.44. The van der Waals surface area contributed by atoms with Gasteiger partial charge in [-0.05, 0) is 74.3 Å². The number of ether oxygens (including phenoxy) is 2. The van der Waals surface area contributed by atoms with Crippen LogP contribution in [0.3, 0.4) is 0 Å². The molecule has 2 atom stereocenters. The Balaban J connectivity index is 1.56. The second kappa shape index (κ2) is 18.1. The number of hydrogen-bond acceptors (Lipinski definition) is 3. The van der Waals surface area contributed by atoms with Crippen molar-refractivity contribution >= 4 is 6.16 Å². The monoisotopic (exact) mass is 466 g/mol.